The summed E-state index contributed by atoms with van der Waals surface area (Å²) in [5.41, 5.74) is 1.81. The minimum Gasteiger partial charge on any atom is -0.497 e. The molecule has 8 heteroatoms. The van der Waals surface area contributed by atoms with Crippen LogP contribution >= 0.6 is 11.3 Å². The highest BCUT2D eigenvalue weighted by Crippen LogP contribution is 2.34. The number of carbonyl (C=O) groups is 1. The Kier molecular flexibility index (Phi) is 5.15. The number of aromatic nitrogens is 2. The van der Waals surface area contributed by atoms with Crippen molar-refractivity contribution in [1.29, 1.82) is 0 Å². The molecule has 0 aliphatic heterocycles. The topological polar surface area (TPSA) is 87.3 Å². The highest BCUT2D eigenvalue weighted by Gasteiger charge is 2.21. The van der Waals surface area contributed by atoms with Gasteiger partial charge in [0.1, 0.15) is 16.4 Å². The van der Waals surface area contributed by atoms with Crippen molar-refractivity contribution in [2.75, 3.05) is 26.0 Å². The monoisotopic (exact) mass is 398 g/mol. The number of amides is 1. The summed E-state index contributed by atoms with van der Waals surface area (Å²) in [6.07, 6.45) is 3.12. The fraction of sp³-hybridized carbons (Fsp3) is 0.350. The molecule has 1 aliphatic carbocycles. The van der Waals surface area contributed by atoms with E-state index in [0.29, 0.717) is 18.1 Å². The lowest BCUT2D eigenvalue weighted by Gasteiger charge is -2.15. The van der Waals surface area contributed by atoms with Crippen molar-refractivity contribution in [3.63, 3.8) is 0 Å². The molecule has 7 nitrogen and oxygen atoms in total. The van der Waals surface area contributed by atoms with Crippen LogP contribution in [0.15, 0.2) is 29.1 Å². The van der Waals surface area contributed by atoms with E-state index < -0.39 is 0 Å². The number of benzene rings is 1. The third kappa shape index (κ3) is 3.79. The largest absolute Gasteiger partial charge is 0.497 e. The first-order valence-electron chi connectivity index (χ1n) is 9.19. The number of anilines is 1. The molecule has 2 aromatic heterocycles. The van der Waals surface area contributed by atoms with Gasteiger partial charge < -0.3 is 15.0 Å². The van der Waals surface area contributed by atoms with E-state index in [9.17, 15) is 9.59 Å². The zero-order valence-electron chi connectivity index (χ0n) is 15.9. The van der Waals surface area contributed by atoms with Gasteiger partial charge in [-0.05, 0) is 56.1 Å². The second-order valence-corrected chi connectivity index (χ2v) is 8.08. The van der Waals surface area contributed by atoms with Crippen LogP contribution < -0.4 is 15.6 Å². The molecule has 0 saturated heterocycles. The number of fused-ring (bicyclic) bond motifs is 3. The average Bonchev–Trinajstić information content (AvgIpc) is 3.22. The molecular formula is C20H22N4O3S. The third-order valence-corrected chi connectivity index (χ3v) is 6.02. The molecule has 146 valence electrons. The molecule has 1 aliphatic rings. The summed E-state index contributed by atoms with van der Waals surface area (Å²) in [5, 5.41) is 3.60. The molecule has 0 saturated carbocycles. The van der Waals surface area contributed by atoms with E-state index >= 15 is 0 Å². The van der Waals surface area contributed by atoms with E-state index in [-0.39, 0.29) is 18.0 Å². The number of hydrogen-bond donors (Lipinski definition) is 2. The molecule has 4 rings (SSSR count). The molecule has 0 spiro atoms. The van der Waals surface area contributed by atoms with E-state index in [4.69, 9.17) is 4.74 Å². The molecule has 2 heterocycles. The number of aromatic amines is 1. The molecule has 0 fully saturated rings. The fourth-order valence-corrected chi connectivity index (χ4v) is 4.83. The summed E-state index contributed by atoms with van der Waals surface area (Å²) in [4.78, 5) is 36.2. The zero-order valence-corrected chi connectivity index (χ0v) is 16.7. The molecule has 1 aromatic carbocycles. The summed E-state index contributed by atoms with van der Waals surface area (Å²) in [6.45, 7) is 0.582. The van der Waals surface area contributed by atoms with Crippen molar-refractivity contribution in [2.24, 2.45) is 0 Å². The highest BCUT2D eigenvalue weighted by atomic mass is 32.1. The Bertz CT molecular complexity index is 1070. The van der Waals surface area contributed by atoms with Crippen LogP contribution in [0.25, 0.3) is 10.2 Å². The second kappa shape index (κ2) is 7.73. The smallest absolute Gasteiger partial charge is 0.259 e. The molecule has 0 atom stereocenters. The normalized spacial score (nSPS) is 13.1. The summed E-state index contributed by atoms with van der Waals surface area (Å²) >= 11 is 1.62. The number of aryl methyl sites for hydroxylation is 2. The Morgan fingerprint density at radius 1 is 1.32 bits per heavy atom. The number of likely N-dealkylation sites (N-methyl/N-ethyl adjacent to an activating group) is 1. The van der Waals surface area contributed by atoms with Crippen LogP contribution in [0.4, 0.5) is 5.69 Å². The Hall–Kier alpha value is -2.71. The maximum absolute atomic E-state index is 12.5. The van der Waals surface area contributed by atoms with Crippen molar-refractivity contribution in [3.8, 4) is 5.75 Å². The van der Waals surface area contributed by atoms with Gasteiger partial charge in [0.15, 0.2) is 0 Å². The van der Waals surface area contributed by atoms with Gasteiger partial charge in [-0.15, -0.1) is 11.3 Å². The lowest BCUT2D eigenvalue weighted by atomic mass is 10.2. The number of carbonyl (C=O) groups excluding carboxylic acids is 1. The predicted molar refractivity (Wildman–Crippen MR) is 110 cm³/mol. The standard InChI is InChI=1S/C20H22N4O3S/c1-24(11-17(25)21-12-6-8-13(27-2)9-7-12)10-16-22-19(26)18-14-4-3-5-15(14)28-20(18)23-16/h6-9H,3-5,10-11H2,1-2H3,(H,21,25)(H,22,23,26). The van der Waals surface area contributed by atoms with Crippen LogP contribution in [0, 0.1) is 0 Å². The first-order valence-corrected chi connectivity index (χ1v) is 10.0. The van der Waals surface area contributed by atoms with E-state index in [0.717, 1.165) is 35.2 Å². The summed E-state index contributed by atoms with van der Waals surface area (Å²) < 4.78 is 5.11. The van der Waals surface area contributed by atoms with Gasteiger partial charge in [-0.1, -0.05) is 0 Å². The van der Waals surface area contributed by atoms with Gasteiger partial charge in [0.05, 0.1) is 25.6 Å². The van der Waals surface area contributed by atoms with Gasteiger partial charge >= 0.3 is 0 Å². The molecule has 2 N–H and O–H groups in total. The Labute approximate surface area is 166 Å². The number of rotatable bonds is 6. The fourth-order valence-electron chi connectivity index (χ4n) is 3.55. The van der Waals surface area contributed by atoms with Crippen LogP contribution in [0.1, 0.15) is 22.7 Å². The minimum atomic E-state index is -0.133. The first kappa shape index (κ1) is 18.6. The number of nitrogens with one attached hydrogen (secondary N) is 2. The molecule has 3 aromatic rings. The van der Waals surface area contributed by atoms with E-state index in [2.05, 4.69) is 15.3 Å². The van der Waals surface area contributed by atoms with Gasteiger partial charge in [0.25, 0.3) is 5.56 Å². The summed E-state index contributed by atoms with van der Waals surface area (Å²) in [5.74, 6) is 1.18. The summed E-state index contributed by atoms with van der Waals surface area (Å²) in [7, 11) is 3.42. The van der Waals surface area contributed by atoms with Crippen molar-refractivity contribution >= 4 is 33.1 Å². The maximum atomic E-state index is 12.5. The van der Waals surface area contributed by atoms with Gasteiger partial charge in [-0.3, -0.25) is 14.5 Å². The van der Waals surface area contributed by atoms with Crippen molar-refractivity contribution < 1.29 is 9.53 Å². The highest BCUT2D eigenvalue weighted by molar-refractivity contribution is 7.18. The lowest BCUT2D eigenvalue weighted by molar-refractivity contribution is -0.117. The SMILES string of the molecule is COc1ccc(NC(=O)CN(C)Cc2nc3sc4c(c3c(=O)[nH]2)CCC4)cc1. The second-order valence-electron chi connectivity index (χ2n) is 7.00. The quantitative estimate of drug-likeness (QED) is 0.666. The van der Waals surface area contributed by atoms with Crippen LogP contribution in [0.2, 0.25) is 0 Å². The van der Waals surface area contributed by atoms with Crippen LogP contribution in [0.5, 0.6) is 5.75 Å². The first-order chi connectivity index (χ1) is 13.5. The van der Waals surface area contributed by atoms with Gasteiger partial charge in [0, 0.05) is 10.6 Å². The van der Waals surface area contributed by atoms with Crippen LogP contribution in [-0.2, 0) is 24.2 Å². The minimum absolute atomic E-state index is 0.0736. The number of nitrogens with zero attached hydrogens (tertiary/aromatic N) is 2. The average molecular weight is 398 g/mol. The lowest BCUT2D eigenvalue weighted by Crippen LogP contribution is -2.31. The van der Waals surface area contributed by atoms with E-state index in [1.807, 2.05) is 11.9 Å². The van der Waals surface area contributed by atoms with Crippen LogP contribution in [-0.4, -0.2) is 41.5 Å². The van der Waals surface area contributed by atoms with Gasteiger partial charge in [0.2, 0.25) is 5.91 Å². The number of ether oxygens (including phenoxy) is 1. The van der Waals surface area contributed by atoms with E-state index in [1.165, 1.54) is 10.4 Å². The maximum Gasteiger partial charge on any atom is 0.259 e. The molecule has 0 bridgehead atoms. The molecule has 0 radical (unpaired) electrons. The summed E-state index contributed by atoms with van der Waals surface area (Å²) in [6, 6.07) is 7.17. The Morgan fingerprint density at radius 2 is 2.11 bits per heavy atom. The molecule has 1 amide bonds. The molecule has 28 heavy (non-hydrogen) atoms. The van der Waals surface area contributed by atoms with Crippen LogP contribution in [0.3, 0.4) is 0 Å². The van der Waals surface area contributed by atoms with Crippen molar-refractivity contribution in [1.82, 2.24) is 14.9 Å². The number of H-pyrrole nitrogens is 1. The molecule has 0 unspecified atom stereocenters. The number of thiophene rings is 1. The Balaban J connectivity index is 1.41. The van der Waals surface area contributed by atoms with E-state index in [1.54, 1.807) is 42.7 Å². The zero-order chi connectivity index (χ0) is 19.7. The Morgan fingerprint density at radius 3 is 2.86 bits per heavy atom. The predicted octanol–water partition coefficient (Wildman–Crippen LogP) is 2.55. The number of methoxy groups -OCH3 is 1. The molecular weight excluding hydrogens is 376 g/mol. The van der Waals surface area contributed by atoms with Gasteiger partial charge in [-0.2, -0.15) is 0 Å². The van der Waals surface area contributed by atoms with Crippen molar-refractivity contribution in [3.05, 3.63) is 50.9 Å². The third-order valence-electron chi connectivity index (χ3n) is 4.83. The van der Waals surface area contributed by atoms with Crippen molar-refractivity contribution in [2.45, 2.75) is 25.8 Å². The number of hydrogen-bond acceptors (Lipinski definition) is 6. The van der Waals surface area contributed by atoms with Gasteiger partial charge in [-0.25, -0.2) is 4.98 Å².